The number of hydrogen-bond donors (Lipinski definition) is 0. The van der Waals surface area contributed by atoms with Crippen LogP contribution in [0.15, 0.2) is 24.5 Å². The Kier molecular flexibility index (Phi) is 3.95. The van der Waals surface area contributed by atoms with Crippen LogP contribution >= 0.6 is 11.6 Å². The number of carbonyl (C=O) groups is 1. The summed E-state index contributed by atoms with van der Waals surface area (Å²) in [7, 11) is 1.80. The first-order chi connectivity index (χ1) is 8.99. The normalized spacial score (nSPS) is 10.7. The zero-order valence-corrected chi connectivity index (χ0v) is 10.9. The smallest absolute Gasteiger partial charge is 0.166 e. The molecule has 100 valence electrons. The summed E-state index contributed by atoms with van der Waals surface area (Å²) in [5.74, 6) is -1.38. The first-order valence-electron chi connectivity index (χ1n) is 5.63. The number of carbonyl (C=O) groups excluding carboxylic acids is 1. The van der Waals surface area contributed by atoms with Gasteiger partial charge in [0, 0.05) is 32.3 Å². The van der Waals surface area contributed by atoms with Crippen molar-refractivity contribution in [3.05, 3.63) is 52.6 Å². The van der Waals surface area contributed by atoms with E-state index >= 15 is 0 Å². The van der Waals surface area contributed by atoms with Gasteiger partial charge in [-0.3, -0.25) is 4.79 Å². The van der Waals surface area contributed by atoms with Gasteiger partial charge in [0.2, 0.25) is 0 Å². The zero-order valence-electron chi connectivity index (χ0n) is 10.2. The highest BCUT2D eigenvalue weighted by Crippen LogP contribution is 2.20. The number of ketones is 1. The molecule has 6 heteroatoms. The predicted molar refractivity (Wildman–Crippen MR) is 67.2 cm³/mol. The molecule has 0 radical (unpaired) electrons. The number of halogens is 3. The topological polar surface area (TPSA) is 34.9 Å². The summed E-state index contributed by atoms with van der Waals surface area (Å²) in [5, 5.41) is -0.335. The molecule has 0 bridgehead atoms. The summed E-state index contributed by atoms with van der Waals surface area (Å²) >= 11 is 5.43. The highest BCUT2D eigenvalue weighted by molar-refractivity contribution is 6.30. The Bertz CT molecular complexity index is 625. The lowest BCUT2D eigenvalue weighted by Crippen LogP contribution is -2.07. The summed E-state index contributed by atoms with van der Waals surface area (Å²) < 4.78 is 28.5. The molecular weight excluding hydrogens is 274 g/mol. The molecule has 0 saturated heterocycles. The van der Waals surface area contributed by atoms with Gasteiger partial charge in [0.1, 0.15) is 17.5 Å². The lowest BCUT2D eigenvalue weighted by Gasteiger charge is -2.04. The predicted octanol–water partition coefficient (Wildman–Crippen LogP) is 3.17. The largest absolute Gasteiger partial charge is 0.338 e. The molecule has 19 heavy (non-hydrogen) atoms. The number of benzene rings is 1. The van der Waals surface area contributed by atoms with Crippen molar-refractivity contribution in [3.8, 4) is 0 Å². The van der Waals surface area contributed by atoms with Crippen molar-refractivity contribution in [2.45, 2.75) is 12.8 Å². The minimum Gasteiger partial charge on any atom is -0.338 e. The van der Waals surface area contributed by atoms with Crippen LogP contribution < -0.4 is 0 Å². The Morgan fingerprint density at radius 2 is 2.11 bits per heavy atom. The van der Waals surface area contributed by atoms with E-state index in [1.807, 2.05) is 0 Å². The van der Waals surface area contributed by atoms with Gasteiger partial charge in [-0.1, -0.05) is 11.6 Å². The lowest BCUT2D eigenvalue weighted by molar-refractivity contribution is 0.0977. The van der Waals surface area contributed by atoms with E-state index in [2.05, 4.69) is 4.98 Å². The first kappa shape index (κ1) is 13.7. The third kappa shape index (κ3) is 2.98. The Hall–Kier alpha value is -1.75. The minimum atomic E-state index is -0.809. The molecule has 0 unspecified atom stereocenters. The van der Waals surface area contributed by atoms with Gasteiger partial charge in [-0.25, -0.2) is 13.8 Å². The second kappa shape index (κ2) is 5.48. The van der Waals surface area contributed by atoms with E-state index in [9.17, 15) is 13.6 Å². The molecule has 2 rings (SSSR count). The van der Waals surface area contributed by atoms with Gasteiger partial charge in [0.25, 0.3) is 0 Å². The number of Topliss-reactive ketones (excluding diaryl/α,β-unsaturated/α-hetero) is 1. The summed E-state index contributed by atoms with van der Waals surface area (Å²) in [6, 6.07) is 1.64. The molecule has 3 nitrogen and oxygen atoms in total. The quantitative estimate of drug-likeness (QED) is 0.638. The molecule has 0 atom stereocenters. The molecule has 0 N–H and O–H groups in total. The van der Waals surface area contributed by atoms with Gasteiger partial charge in [0.15, 0.2) is 5.78 Å². The van der Waals surface area contributed by atoms with Crippen LogP contribution in [0.3, 0.4) is 0 Å². The number of nitrogens with zero attached hydrogens (tertiary/aromatic N) is 2. The first-order valence-corrected chi connectivity index (χ1v) is 6.01. The molecule has 0 aliphatic rings. The van der Waals surface area contributed by atoms with Crippen LogP contribution in [0.4, 0.5) is 8.78 Å². The minimum absolute atomic E-state index is 0.0584. The second-order valence-corrected chi connectivity index (χ2v) is 4.53. The fourth-order valence-corrected chi connectivity index (χ4v) is 1.88. The molecule has 0 amide bonds. The van der Waals surface area contributed by atoms with Gasteiger partial charge in [-0.05, 0) is 12.1 Å². The van der Waals surface area contributed by atoms with Crippen LogP contribution in [0.2, 0.25) is 5.02 Å². The van der Waals surface area contributed by atoms with E-state index in [1.54, 1.807) is 24.0 Å². The van der Waals surface area contributed by atoms with Crippen molar-refractivity contribution in [2.75, 3.05) is 0 Å². The molecule has 0 spiro atoms. The SMILES string of the molecule is Cn1ccnc1CCC(=O)c1cc(F)c(Cl)cc1F. The maximum absolute atomic E-state index is 13.5. The fraction of sp³-hybridized carbons (Fsp3) is 0.231. The van der Waals surface area contributed by atoms with Crippen molar-refractivity contribution >= 4 is 17.4 Å². The number of rotatable bonds is 4. The number of imidazole rings is 1. The third-order valence-corrected chi connectivity index (χ3v) is 3.10. The molecule has 1 heterocycles. The van der Waals surface area contributed by atoms with E-state index in [0.717, 1.165) is 12.1 Å². The summed E-state index contributed by atoms with van der Waals surface area (Å²) in [6.45, 7) is 0. The Balaban J connectivity index is 2.12. The molecule has 2 aromatic rings. The average molecular weight is 285 g/mol. The zero-order chi connectivity index (χ0) is 14.0. The number of hydrogen-bond acceptors (Lipinski definition) is 2. The molecule has 0 aliphatic heterocycles. The third-order valence-electron chi connectivity index (χ3n) is 2.81. The second-order valence-electron chi connectivity index (χ2n) is 4.12. The van der Waals surface area contributed by atoms with Gasteiger partial charge >= 0.3 is 0 Å². The van der Waals surface area contributed by atoms with Crippen LogP contribution in [0.1, 0.15) is 22.6 Å². The Morgan fingerprint density at radius 1 is 1.37 bits per heavy atom. The van der Waals surface area contributed by atoms with Crippen molar-refractivity contribution in [1.82, 2.24) is 9.55 Å². The molecule has 0 aliphatic carbocycles. The van der Waals surface area contributed by atoms with E-state index in [1.165, 1.54) is 0 Å². The van der Waals surface area contributed by atoms with Gasteiger partial charge < -0.3 is 4.57 Å². The van der Waals surface area contributed by atoms with E-state index in [0.29, 0.717) is 12.2 Å². The van der Waals surface area contributed by atoms with Crippen LogP contribution in [-0.4, -0.2) is 15.3 Å². The summed E-state index contributed by atoms with van der Waals surface area (Å²) in [4.78, 5) is 15.9. The fourth-order valence-electron chi connectivity index (χ4n) is 1.73. The van der Waals surface area contributed by atoms with Crippen molar-refractivity contribution in [1.29, 1.82) is 0 Å². The maximum Gasteiger partial charge on any atom is 0.166 e. The van der Waals surface area contributed by atoms with Crippen molar-refractivity contribution < 1.29 is 13.6 Å². The average Bonchev–Trinajstić information content (AvgIpc) is 2.76. The van der Waals surface area contributed by atoms with Gasteiger partial charge in [0.05, 0.1) is 10.6 Å². The van der Waals surface area contributed by atoms with Gasteiger partial charge in [-0.2, -0.15) is 0 Å². The summed E-state index contributed by atoms with van der Waals surface area (Å²) in [5.41, 5.74) is -0.281. The van der Waals surface area contributed by atoms with Crippen molar-refractivity contribution in [3.63, 3.8) is 0 Å². The highest BCUT2D eigenvalue weighted by atomic mass is 35.5. The molecule has 0 saturated carbocycles. The number of aromatic nitrogens is 2. The summed E-state index contributed by atoms with van der Waals surface area (Å²) in [6.07, 6.45) is 3.79. The number of aryl methyl sites for hydroxylation is 2. The molecule has 0 fully saturated rings. The molecular formula is C13H11ClF2N2O. The van der Waals surface area contributed by atoms with Crippen LogP contribution in [0, 0.1) is 11.6 Å². The van der Waals surface area contributed by atoms with E-state index in [-0.39, 0.29) is 17.0 Å². The van der Waals surface area contributed by atoms with E-state index < -0.39 is 17.4 Å². The van der Waals surface area contributed by atoms with E-state index in [4.69, 9.17) is 11.6 Å². The Morgan fingerprint density at radius 3 is 2.74 bits per heavy atom. The van der Waals surface area contributed by atoms with Crippen LogP contribution in [-0.2, 0) is 13.5 Å². The lowest BCUT2D eigenvalue weighted by atomic mass is 10.1. The molecule has 1 aromatic heterocycles. The molecule has 1 aromatic carbocycles. The maximum atomic E-state index is 13.5. The van der Waals surface area contributed by atoms with Gasteiger partial charge in [-0.15, -0.1) is 0 Å². The monoisotopic (exact) mass is 284 g/mol. The Labute approximate surface area is 113 Å². The van der Waals surface area contributed by atoms with Crippen LogP contribution in [0.25, 0.3) is 0 Å². The highest BCUT2D eigenvalue weighted by Gasteiger charge is 2.16. The van der Waals surface area contributed by atoms with Crippen molar-refractivity contribution in [2.24, 2.45) is 7.05 Å². The van der Waals surface area contributed by atoms with Crippen LogP contribution in [0.5, 0.6) is 0 Å². The standard InChI is InChI=1S/C13H11ClF2N2O/c1-18-5-4-17-13(18)3-2-12(19)8-6-11(16)9(14)7-10(8)15/h4-7H,2-3H2,1H3.